The van der Waals surface area contributed by atoms with E-state index in [0.717, 1.165) is 10.0 Å². The van der Waals surface area contributed by atoms with Gasteiger partial charge in [-0.15, -0.1) is 0 Å². The smallest absolute Gasteiger partial charge is 0.272 e. The molecular weight excluding hydrogens is 354 g/mol. The number of nitrogens with two attached hydrogens (primary N) is 1. The van der Waals surface area contributed by atoms with Crippen molar-refractivity contribution >= 4 is 44.8 Å². The number of hydrogen-bond donors (Lipinski definition) is 2. The Balaban J connectivity index is 2.33. The zero-order valence-electron chi connectivity index (χ0n) is 12.1. The summed E-state index contributed by atoms with van der Waals surface area (Å²) in [6, 6.07) is 5.41. The van der Waals surface area contributed by atoms with Gasteiger partial charge in [0.1, 0.15) is 5.69 Å². The molecule has 0 bridgehead atoms. The molecule has 3 N–H and O–H groups in total. The Morgan fingerprint density at radius 1 is 1.38 bits per heavy atom. The van der Waals surface area contributed by atoms with E-state index in [9.17, 15) is 4.79 Å². The first-order chi connectivity index (χ1) is 9.79. The molecule has 21 heavy (non-hydrogen) atoms. The highest BCUT2D eigenvalue weighted by atomic mass is 79.9. The molecule has 0 aliphatic carbocycles. The van der Waals surface area contributed by atoms with Crippen LogP contribution in [0.4, 0.5) is 11.4 Å². The molecule has 2 aromatic rings. The summed E-state index contributed by atoms with van der Waals surface area (Å²) in [5, 5.41) is 3.46. The van der Waals surface area contributed by atoms with Gasteiger partial charge in [0.05, 0.1) is 11.4 Å². The molecule has 0 spiro atoms. The van der Waals surface area contributed by atoms with Gasteiger partial charge in [-0.2, -0.15) is 0 Å². The zero-order chi connectivity index (χ0) is 15.7. The van der Waals surface area contributed by atoms with Crippen LogP contribution in [-0.2, 0) is 0 Å². The molecule has 0 fully saturated rings. The molecule has 4 nitrogen and oxygen atoms in total. The minimum absolute atomic E-state index is 0.146. The third kappa shape index (κ3) is 3.41. The Hall–Kier alpha value is -1.46. The first-order valence-electron chi connectivity index (χ1n) is 6.54. The first-order valence-corrected chi connectivity index (χ1v) is 7.71. The number of benzene rings is 1. The van der Waals surface area contributed by atoms with Crippen LogP contribution in [0.25, 0.3) is 0 Å². The van der Waals surface area contributed by atoms with Crippen molar-refractivity contribution in [2.45, 2.75) is 26.8 Å². The Kier molecular flexibility index (Phi) is 4.64. The van der Waals surface area contributed by atoms with Gasteiger partial charge in [-0.25, -0.2) is 0 Å². The summed E-state index contributed by atoms with van der Waals surface area (Å²) in [7, 11) is 0. The summed E-state index contributed by atoms with van der Waals surface area (Å²) >= 11 is 9.53. The van der Waals surface area contributed by atoms with Crippen molar-refractivity contribution in [3.8, 4) is 0 Å². The Labute approximate surface area is 137 Å². The highest BCUT2D eigenvalue weighted by Gasteiger charge is 2.16. The van der Waals surface area contributed by atoms with Crippen LogP contribution in [0.2, 0.25) is 5.02 Å². The average Bonchev–Trinajstić information content (AvgIpc) is 2.78. The highest BCUT2D eigenvalue weighted by Crippen LogP contribution is 2.30. The lowest BCUT2D eigenvalue weighted by Crippen LogP contribution is -2.18. The standard InChI is InChI=1S/C15H17BrClN3O/c1-8(2)20-7-10(18)5-14(20)15(21)19-13-6-12(17)9(3)4-11(13)16/h4-8H,18H2,1-3H3,(H,19,21). The molecule has 0 saturated heterocycles. The molecule has 112 valence electrons. The second kappa shape index (κ2) is 6.12. The summed E-state index contributed by atoms with van der Waals surface area (Å²) in [5.41, 5.74) is 8.45. The molecule has 6 heteroatoms. The highest BCUT2D eigenvalue weighted by molar-refractivity contribution is 9.10. The Morgan fingerprint density at radius 2 is 2.05 bits per heavy atom. The topological polar surface area (TPSA) is 60.1 Å². The predicted octanol–water partition coefficient (Wildman–Crippen LogP) is 4.63. The van der Waals surface area contributed by atoms with Crippen molar-refractivity contribution < 1.29 is 4.79 Å². The monoisotopic (exact) mass is 369 g/mol. The SMILES string of the molecule is Cc1cc(Br)c(NC(=O)c2cc(N)cn2C(C)C)cc1Cl. The maximum atomic E-state index is 12.4. The van der Waals surface area contributed by atoms with E-state index in [1.165, 1.54) is 0 Å². The average molecular weight is 371 g/mol. The lowest BCUT2D eigenvalue weighted by molar-refractivity contribution is 0.101. The lowest BCUT2D eigenvalue weighted by Gasteiger charge is -2.14. The van der Waals surface area contributed by atoms with Gasteiger partial charge < -0.3 is 15.6 Å². The maximum Gasteiger partial charge on any atom is 0.272 e. The van der Waals surface area contributed by atoms with Gasteiger partial charge in [0.15, 0.2) is 0 Å². The zero-order valence-corrected chi connectivity index (χ0v) is 14.4. The molecule has 0 radical (unpaired) electrons. The third-order valence-electron chi connectivity index (χ3n) is 3.16. The van der Waals surface area contributed by atoms with Crippen molar-refractivity contribution in [2.24, 2.45) is 0 Å². The summed E-state index contributed by atoms with van der Waals surface area (Å²) in [5.74, 6) is -0.221. The number of anilines is 2. The number of nitrogen functional groups attached to an aromatic ring is 1. The summed E-state index contributed by atoms with van der Waals surface area (Å²) in [6.45, 7) is 5.90. The van der Waals surface area contributed by atoms with Gasteiger partial charge in [0.25, 0.3) is 5.91 Å². The number of nitrogens with one attached hydrogen (secondary N) is 1. The quantitative estimate of drug-likeness (QED) is 0.827. The van der Waals surface area contributed by atoms with Gasteiger partial charge >= 0.3 is 0 Å². The summed E-state index contributed by atoms with van der Waals surface area (Å²) in [4.78, 5) is 12.4. The van der Waals surface area contributed by atoms with Crippen LogP contribution in [-0.4, -0.2) is 10.5 Å². The summed E-state index contributed by atoms with van der Waals surface area (Å²) < 4.78 is 2.63. The van der Waals surface area contributed by atoms with Crippen LogP contribution < -0.4 is 11.1 Å². The number of halogens is 2. The number of carbonyl (C=O) groups is 1. The van der Waals surface area contributed by atoms with Gasteiger partial charge in [-0.1, -0.05) is 11.6 Å². The van der Waals surface area contributed by atoms with Crippen LogP contribution in [0.1, 0.15) is 35.9 Å². The molecule has 0 saturated carbocycles. The normalized spacial score (nSPS) is 11.0. The maximum absolute atomic E-state index is 12.4. The van der Waals surface area contributed by atoms with E-state index in [-0.39, 0.29) is 11.9 Å². The van der Waals surface area contributed by atoms with Crippen LogP contribution in [0.15, 0.2) is 28.9 Å². The fourth-order valence-corrected chi connectivity index (χ4v) is 2.76. The second-order valence-electron chi connectivity index (χ2n) is 5.20. The molecule has 0 atom stereocenters. The van der Waals surface area contributed by atoms with Crippen molar-refractivity contribution in [3.63, 3.8) is 0 Å². The number of rotatable bonds is 3. The second-order valence-corrected chi connectivity index (χ2v) is 6.46. The molecule has 0 unspecified atom stereocenters. The van der Waals surface area contributed by atoms with Crippen LogP contribution in [0.5, 0.6) is 0 Å². The van der Waals surface area contributed by atoms with Crippen LogP contribution in [0, 0.1) is 6.92 Å². The van der Waals surface area contributed by atoms with E-state index in [0.29, 0.717) is 22.1 Å². The fourth-order valence-electron chi connectivity index (χ4n) is 2.04. The number of amides is 1. The number of aromatic nitrogens is 1. The van der Waals surface area contributed by atoms with E-state index in [4.69, 9.17) is 17.3 Å². The molecular formula is C15H17BrClN3O. The lowest BCUT2D eigenvalue weighted by atomic mass is 10.2. The van der Waals surface area contributed by atoms with Gasteiger partial charge in [0, 0.05) is 21.7 Å². The largest absolute Gasteiger partial charge is 0.397 e. The molecule has 1 aromatic carbocycles. The number of carbonyl (C=O) groups excluding carboxylic acids is 1. The Bertz CT molecular complexity index is 694. The van der Waals surface area contributed by atoms with E-state index in [2.05, 4.69) is 21.2 Å². The summed E-state index contributed by atoms with van der Waals surface area (Å²) in [6.07, 6.45) is 1.76. The third-order valence-corrected chi connectivity index (χ3v) is 4.22. The molecule has 1 amide bonds. The van der Waals surface area contributed by atoms with E-state index >= 15 is 0 Å². The Morgan fingerprint density at radius 3 is 2.67 bits per heavy atom. The number of aryl methyl sites for hydroxylation is 1. The molecule has 1 aromatic heterocycles. The van der Waals surface area contributed by atoms with Crippen molar-refractivity contribution in [3.05, 3.63) is 45.1 Å². The molecule has 2 rings (SSSR count). The minimum atomic E-state index is -0.221. The van der Waals surface area contributed by atoms with E-state index < -0.39 is 0 Å². The van der Waals surface area contributed by atoms with Crippen molar-refractivity contribution in [1.29, 1.82) is 0 Å². The predicted molar refractivity (Wildman–Crippen MR) is 91.1 cm³/mol. The fraction of sp³-hybridized carbons (Fsp3) is 0.267. The number of hydrogen-bond acceptors (Lipinski definition) is 2. The molecule has 0 aliphatic heterocycles. The van der Waals surface area contributed by atoms with Crippen molar-refractivity contribution in [1.82, 2.24) is 4.57 Å². The van der Waals surface area contributed by atoms with Crippen molar-refractivity contribution in [2.75, 3.05) is 11.1 Å². The van der Waals surface area contributed by atoms with E-state index in [1.54, 1.807) is 18.3 Å². The van der Waals surface area contributed by atoms with Gasteiger partial charge in [0.2, 0.25) is 0 Å². The minimum Gasteiger partial charge on any atom is -0.397 e. The van der Waals surface area contributed by atoms with E-state index in [1.807, 2.05) is 31.4 Å². The number of nitrogens with zero attached hydrogens (tertiary/aromatic N) is 1. The van der Waals surface area contributed by atoms with Crippen LogP contribution >= 0.6 is 27.5 Å². The molecule has 0 aliphatic rings. The first kappa shape index (κ1) is 15.9. The van der Waals surface area contributed by atoms with Gasteiger partial charge in [-0.3, -0.25) is 4.79 Å². The van der Waals surface area contributed by atoms with Gasteiger partial charge in [-0.05, 0) is 60.5 Å². The molecule has 1 heterocycles. The van der Waals surface area contributed by atoms with Crippen LogP contribution in [0.3, 0.4) is 0 Å².